The van der Waals surface area contributed by atoms with Crippen LogP contribution in [0.3, 0.4) is 0 Å². The van der Waals surface area contributed by atoms with E-state index in [0.717, 1.165) is 12.1 Å². The number of nitrogens with two attached hydrogens (primary N) is 1. The molecule has 2 rings (SSSR count). The number of hydrogen-bond donors (Lipinski definition) is 1. The van der Waals surface area contributed by atoms with Gasteiger partial charge in [-0.3, -0.25) is 0 Å². The zero-order valence-electron chi connectivity index (χ0n) is 16.3. The molecule has 2 nitrogen and oxygen atoms in total. The van der Waals surface area contributed by atoms with Crippen molar-refractivity contribution in [3.8, 4) is 0 Å². The van der Waals surface area contributed by atoms with Crippen molar-refractivity contribution in [2.24, 2.45) is 0 Å². The van der Waals surface area contributed by atoms with E-state index in [1.807, 2.05) is 0 Å². The van der Waals surface area contributed by atoms with Crippen LogP contribution >= 0.6 is 11.6 Å². The quantitative estimate of drug-likeness (QED) is 0.405. The average Bonchev–Trinajstić information content (AvgIpc) is 2.66. The zero-order valence-corrected chi connectivity index (χ0v) is 17.1. The van der Waals surface area contributed by atoms with E-state index in [0.29, 0.717) is 5.88 Å². The minimum Gasteiger partial charge on any atom is -0.373 e. The molecule has 2 aromatic carbocycles. The summed E-state index contributed by atoms with van der Waals surface area (Å²) >= 11 is 5.81. The number of quaternary nitrogens is 1. The predicted octanol–water partition coefficient (Wildman–Crippen LogP) is 4.73. The smallest absolute Gasteiger partial charge is 0.133 e. The third kappa shape index (κ3) is 4.78. The Morgan fingerprint density at radius 1 is 1.15 bits per heavy atom. The van der Waals surface area contributed by atoms with Crippen molar-refractivity contribution < 1.29 is 5.32 Å². The molecule has 3 heteroatoms. The topological polar surface area (TPSA) is 19.9 Å². The number of allylic oxidation sites excluding steroid dienone is 2. The van der Waals surface area contributed by atoms with E-state index < -0.39 is 0 Å². The number of hydrogen-bond acceptors (Lipinski definition) is 1. The fourth-order valence-corrected chi connectivity index (χ4v) is 3.25. The minimum atomic E-state index is -0.125. The van der Waals surface area contributed by atoms with Gasteiger partial charge in [-0.15, -0.1) is 11.6 Å². The molecule has 138 valence electrons. The molecule has 26 heavy (non-hydrogen) atoms. The fraction of sp³-hybridized carbons (Fsp3) is 0.304. The van der Waals surface area contributed by atoms with Gasteiger partial charge in [0.05, 0.1) is 7.05 Å². The van der Waals surface area contributed by atoms with E-state index in [9.17, 15) is 0 Å². The highest BCUT2D eigenvalue weighted by Gasteiger charge is 2.26. The fourth-order valence-electron chi connectivity index (χ4n) is 2.99. The van der Waals surface area contributed by atoms with Crippen molar-refractivity contribution >= 4 is 29.1 Å². The molecule has 0 aliphatic carbocycles. The maximum absolute atomic E-state index is 5.81. The van der Waals surface area contributed by atoms with Crippen LogP contribution in [0.4, 0.5) is 11.4 Å². The molecule has 0 aromatic heterocycles. The maximum atomic E-state index is 5.81. The van der Waals surface area contributed by atoms with Crippen molar-refractivity contribution in [2.45, 2.75) is 19.3 Å². The molecular formula is C23H30ClN2+. The first-order valence-corrected chi connectivity index (χ1v) is 9.57. The van der Waals surface area contributed by atoms with Crippen molar-refractivity contribution in [3.05, 3.63) is 77.9 Å². The van der Waals surface area contributed by atoms with Gasteiger partial charge in [0.25, 0.3) is 0 Å². The molecule has 2 aromatic rings. The Morgan fingerprint density at radius 2 is 1.81 bits per heavy atom. The highest BCUT2D eigenvalue weighted by Crippen LogP contribution is 2.34. The van der Waals surface area contributed by atoms with E-state index in [1.54, 1.807) is 0 Å². The summed E-state index contributed by atoms with van der Waals surface area (Å²) in [7, 11) is 4.14. The largest absolute Gasteiger partial charge is 0.373 e. The molecule has 0 aliphatic heterocycles. The SMILES string of the molecule is C=C(/C=C/c1ccc(N(C)CCCl)cc1)C(C)(C)c1ccccc1[NH2+]C. The number of rotatable bonds is 8. The van der Waals surface area contributed by atoms with Crippen LogP contribution in [0.25, 0.3) is 6.08 Å². The maximum Gasteiger partial charge on any atom is 0.133 e. The molecule has 0 spiro atoms. The molecule has 0 fully saturated rings. The molecule has 0 atom stereocenters. The Morgan fingerprint density at radius 3 is 2.42 bits per heavy atom. The molecule has 0 heterocycles. The monoisotopic (exact) mass is 369 g/mol. The second-order valence-corrected chi connectivity index (χ2v) is 7.44. The van der Waals surface area contributed by atoms with Crippen LogP contribution < -0.4 is 10.2 Å². The Labute approximate surface area is 163 Å². The lowest BCUT2D eigenvalue weighted by Gasteiger charge is -2.27. The van der Waals surface area contributed by atoms with Gasteiger partial charge in [-0.2, -0.15) is 0 Å². The van der Waals surface area contributed by atoms with Gasteiger partial charge in [0.1, 0.15) is 5.69 Å². The molecule has 0 radical (unpaired) electrons. The highest BCUT2D eigenvalue weighted by atomic mass is 35.5. The summed E-state index contributed by atoms with van der Waals surface area (Å²) < 4.78 is 0. The van der Waals surface area contributed by atoms with Gasteiger partial charge in [-0.1, -0.05) is 62.9 Å². The molecular weight excluding hydrogens is 340 g/mol. The number of para-hydroxylation sites is 1. The highest BCUT2D eigenvalue weighted by molar-refractivity contribution is 6.18. The molecule has 0 saturated carbocycles. The summed E-state index contributed by atoms with van der Waals surface area (Å²) in [6, 6.07) is 17.0. The Hall–Kier alpha value is -2.03. The summed E-state index contributed by atoms with van der Waals surface area (Å²) in [5.74, 6) is 0.629. The number of alkyl halides is 1. The summed E-state index contributed by atoms with van der Waals surface area (Å²) in [4.78, 5) is 2.15. The van der Waals surface area contributed by atoms with Gasteiger partial charge in [0.15, 0.2) is 0 Å². The zero-order chi connectivity index (χ0) is 19.2. The van der Waals surface area contributed by atoms with Crippen molar-refractivity contribution in [1.29, 1.82) is 0 Å². The third-order valence-electron chi connectivity index (χ3n) is 4.98. The first-order valence-electron chi connectivity index (χ1n) is 9.03. The van der Waals surface area contributed by atoms with E-state index in [-0.39, 0.29) is 5.41 Å². The lowest BCUT2D eigenvalue weighted by Crippen LogP contribution is -2.73. The number of halogens is 1. The number of anilines is 1. The van der Waals surface area contributed by atoms with Crippen LogP contribution in [-0.2, 0) is 5.41 Å². The second kappa shape index (κ2) is 9.07. The van der Waals surface area contributed by atoms with Gasteiger partial charge in [0, 0.05) is 36.1 Å². The summed E-state index contributed by atoms with van der Waals surface area (Å²) in [5.41, 5.74) is 5.87. The van der Waals surface area contributed by atoms with Crippen molar-refractivity contribution in [1.82, 2.24) is 0 Å². The molecule has 0 aliphatic rings. The summed E-state index contributed by atoms with van der Waals surface area (Å²) in [6.45, 7) is 9.64. The first-order chi connectivity index (χ1) is 12.4. The van der Waals surface area contributed by atoms with Crippen molar-refractivity contribution in [3.63, 3.8) is 0 Å². The number of benzene rings is 2. The average molecular weight is 370 g/mol. The van der Waals surface area contributed by atoms with Crippen LogP contribution in [0.1, 0.15) is 25.0 Å². The van der Waals surface area contributed by atoms with Crippen LogP contribution in [0.5, 0.6) is 0 Å². The minimum absolute atomic E-state index is 0.125. The molecule has 0 unspecified atom stereocenters. The second-order valence-electron chi connectivity index (χ2n) is 7.06. The normalized spacial score (nSPS) is 11.7. The van der Waals surface area contributed by atoms with E-state index in [1.165, 1.54) is 22.5 Å². The van der Waals surface area contributed by atoms with Crippen LogP contribution in [-0.4, -0.2) is 26.5 Å². The Kier molecular flexibility index (Phi) is 7.07. The van der Waals surface area contributed by atoms with Gasteiger partial charge >= 0.3 is 0 Å². The summed E-state index contributed by atoms with van der Waals surface area (Å²) in [5, 5.41) is 2.16. The van der Waals surface area contributed by atoms with Gasteiger partial charge in [-0.05, 0) is 29.3 Å². The Bertz CT molecular complexity index is 760. The third-order valence-corrected chi connectivity index (χ3v) is 5.15. The number of nitrogens with zero attached hydrogens (tertiary/aromatic N) is 1. The first kappa shape index (κ1) is 20.3. The predicted molar refractivity (Wildman–Crippen MR) is 116 cm³/mol. The van der Waals surface area contributed by atoms with Crippen LogP contribution in [0, 0.1) is 0 Å². The van der Waals surface area contributed by atoms with Gasteiger partial charge in [0.2, 0.25) is 0 Å². The standard InChI is InChI=1S/C23H29ClN2/c1-18(23(2,3)21-8-6-7-9-22(21)25-4)10-11-19-12-14-20(15-13-19)26(5)17-16-24/h6-15,25H,1,16-17H2,2-5H3/p+1/b11-10+. The van der Waals surface area contributed by atoms with Crippen LogP contribution in [0.15, 0.2) is 66.8 Å². The van der Waals surface area contributed by atoms with E-state index in [4.69, 9.17) is 11.6 Å². The van der Waals surface area contributed by atoms with E-state index >= 15 is 0 Å². The molecule has 0 bridgehead atoms. The molecule has 0 amide bonds. The lowest BCUT2D eigenvalue weighted by molar-refractivity contribution is -0.540. The van der Waals surface area contributed by atoms with Gasteiger partial charge in [-0.25, -0.2) is 0 Å². The Balaban J connectivity index is 2.15. The molecule has 0 saturated heterocycles. The van der Waals surface area contributed by atoms with Gasteiger partial charge < -0.3 is 10.2 Å². The van der Waals surface area contributed by atoms with Crippen LogP contribution in [0.2, 0.25) is 0 Å². The molecule has 2 N–H and O–H groups in total. The van der Waals surface area contributed by atoms with E-state index in [2.05, 4.69) is 105 Å². The van der Waals surface area contributed by atoms with Crippen molar-refractivity contribution in [2.75, 3.05) is 31.4 Å². The lowest BCUT2D eigenvalue weighted by atomic mass is 9.77. The summed E-state index contributed by atoms with van der Waals surface area (Å²) in [6.07, 6.45) is 4.26.